The van der Waals surface area contributed by atoms with Crippen molar-refractivity contribution in [3.63, 3.8) is 0 Å². The van der Waals surface area contributed by atoms with Gasteiger partial charge in [0.05, 0.1) is 0 Å². The van der Waals surface area contributed by atoms with Gasteiger partial charge in [0.1, 0.15) is 5.60 Å². The fourth-order valence-corrected chi connectivity index (χ4v) is 3.29. The molecule has 1 saturated heterocycles. The van der Waals surface area contributed by atoms with Crippen molar-refractivity contribution in [2.75, 3.05) is 13.1 Å². The van der Waals surface area contributed by atoms with Crippen LogP contribution in [0.2, 0.25) is 0 Å². The summed E-state index contributed by atoms with van der Waals surface area (Å²) in [5, 5.41) is 0. The number of allylic oxidation sites excluding steroid dienone is 1. The van der Waals surface area contributed by atoms with Gasteiger partial charge >= 0.3 is 6.09 Å². The van der Waals surface area contributed by atoms with Crippen LogP contribution in [0.3, 0.4) is 0 Å². The van der Waals surface area contributed by atoms with E-state index in [1.807, 2.05) is 26.8 Å². The third kappa shape index (κ3) is 3.38. The summed E-state index contributed by atoms with van der Waals surface area (Å²) in [6.07, 6.45) is 3.43. The van der Waals surface area contributed by atoms with Crippen LogP contribution in [0.5, 0.6) is 0 Å². The first-order chi connectivity index (χ1) is 10.7. The molecule has 2 aliphatic rings. The molecule has 23 heavy (non-hydrogen) atoms. The molecule has 0 atom stereocenters. The largest absolute Gasteiger partial charge is 0.444 e. The molecule has 1 heterocycles. The molecule has 1 amide bonds. The Labute approximate surface area is 134 Å². The van der Waals surface area contributed by atoms with Gasteiger partial charge in [0.2, 0.25) is 0 Å². The minimum Gasteiger partial charge on any atom is -0.444 e. The molecular formula is C18H21F2NO2. The van der Waals surface area contributed by atoms with Crippen molar-refractivity contribution in [3.05, 3.63) is 41.0 Å². The van der Waals surface area contributed by atoms with Crippen LogP contribution >= 0.6 is 0 Å². The Morgan fingerprint density at radius 2 is 1.87 bits per heavy atom. The Morgan fingerprint density at radius 1 is 1.22 bits per heavy atom. The number of rotatable bonds is 1. The highest BCUT2D eigenvalue weighted by atomic mass is 19.2. The van der Waals surface area contributed by atoms with Gasteiger partial charge < -0.3 is 9.64 Å². The molecular weight excluding hydrogens is 300 g/mol. The maximum atomic E-state index is 13.2. The molecule has 1 aromatic rings. The predicted octanol–water partition coefficient (Wildman–Crippen LogP) is 4.38. The van der Waals surface area contributed by atoms with E-state index in [0.29, 0.717) is 18.7 Å². The van der Waals surface area contributed by atoms with Crippen LogP contribution in [0.15, 0.2) is 23.8 Å². The fourth-order valence-electron chi connectivity index (χ4n) is 3.29. The topological polar surface area (TPSA) is 29.5 Å². The number of hydrogen-bond donors (Lipinski definition) is 0. The van der Waals surface area contributed by atoms with Gasteiger partial charge in [-0.15, -0.1) is 0 Å². The summed E-state index contributed by atoms with van der Waals surface area (Å²) in [6.45, 7) is 6.97. The van der Waals surface area contributed by atoms with E-state index in [-0.39, 0.29) is 11.5 Å². The average molecular weight is 321 g/mol. The molecule has 1 spiro atoms. The number of hydrogen-bond acceptors (Lipinski definition) is 2. The van der Waals surface area contributed by atoms with Crippen molar-refractivity contribution < 1.29 is 18.3 Å². The number of amides is 1. The van der Waals surface area contributed by atoms with Gasteiger partial charge in [-0.05, 0) is 51.3 Å². The standard InChI is InChI=1S/C18H21F2NO2/c1-17(2,3)23-16(22)21-10-18(11-21)8-13(9-18)6-12-4-5-14(19)15(20)7-12/h4-7H,8-11H2,1-3H3. The van der Waals surface area contributed by atoms with Gasteiger partial charge in [0.25, 0.3) is 0 Å². The second-order valence-corrected chi connectivity index (χ2v) is 7.67. The van der Waals surface area contributed by atoms with Crippen molar-refractivity contribution in [1.82, 2.24) is 4.90 Å². The zero-order chi connectivity index (χ0) is 16.8. The molecule has 1 aromatic carbocycles. The molecule has 0 unspecified atom stereocenters. The summed E-state index contributed by atoms with van der Waals surface area (Å²) in [5.74, 6) is -1.66. The fraction of sp³-hybridized carbons (Fsp3) is 0.500. The molecule has 1 aliphatic heterocycles. The Bertz CT molecular complexity index is 660. The van der Waals surface area contributed by atoms with Crippen LogP contribution < -0.4 is 0 Å². The Morgan fingerprint density at radius 3 is 2.43 bits per heavy atom. The second kappa shape index (κ2) is 5.32. The number of benzene rings is 1. The summed E-state index contributed by atoms with van der Waals surface area (Å²) >= 11 is 0. The smallest absolute Gasteiger partial charge is 0.410 e. The van der Waals surface area contributed by atoms with E-state index in [1.54, 1.807) is 11.0 Å². The lowest BCUT2D eigenvalue weighted by atomic mass is 9.60. The van der Waals surface area contributed by atoms with E-state index in [4.69, 9.17) is 4.74 Å². The normalized spacial score (nSPS) is 19.2. The number of ether oxygens (including phenoxy) is 1. The van der Waals surface area contributed by atoms with Gasteiger partial charge in [-0.1, -0.05) is 17.7 Å². The summed E-state index contributed by atoms with van der Waals surface area (Å²) in [4.78, 5) is 13.6. The van der Waals surface area contributed by atoms with Crippen molar-refractivity contribution in [2.45, 2.75) is 39.2 Å². The van der Waals surface area contributed by atoms with Crippen LogP contribution in [0.25, 0.3) is 6.08 Å². The van der Waals surface area contributed by atoms with Gasteiger partial charge in [0, 0.05) is 18.5 Å². The minimum atomic E-state index is -0.829. The minimum absolute atomic E-state index is 0.154. The molecule has 124 valence electrons. The highest BCUT2D eigenvalue weighted by molar-refractivity contribution is 5.70. The van der Waals surface area contributed by atoms with Crippen LogP contribution in [0, 0.1) is 17.0 Å². The molecule has 1 saturated carbocycles. The van der Waals surface area contributed by atoms with E-state index in [0.717, 1.165) is 18.9 Å². The first-order valence-electron chi connectivity index (χ1n) is 7.78. The molecule has 5 heteroatoms. The Balaban J connectivity index is 1.53. The van der Waals surface area contributed by atoms with Crippen molar-refractivity contribution in [1.29, 1.82) is 0 Å². The van der Waals surface area contributed by atoms with E-state index >= 15 is 0 Å². The molecule has 0 radical (unpaired) electrons. The van der Waals surface area contributed by atoms with Crippen LogP contribution in [-0.4, -0.2) is 29.7 Å². The highest BCUT2D eigenvalue weighted by Gasteiger charge is 2.52. The van der Waals surface area contributed by atoms with E-state index in [9.17, 15) is 13.6 Å². The van der Waals surface area contributed by atoms with Gasteiger partial charge in [-0.3, -0.25) is 0 Å². The van der Waals surface area contributed by atoms with Crippen LogP contribution in [0.1, 0.15) is 39.2 Å². The van der Waals surface area contributed by atoms with E-state index < -0.39 is 17.2 Å². The van der Waals surface area contributed by atoms with Crippen molar-refractivity contribution in [2.24, 2.45) is 5.41 Å². The number of halogens is 2. The molecule has 2 fully saturated rings. The zero-order valence-corrected chi connectivity index (χ0v) is 13.7. The predicted molar refractivity (Wildman–Crippen MR) is 83.8 cm³/mol. The van der Waals surface area contributed by atoms with E-state index in [2.05, 4.69) is 0 Å². The van der Waals surface area contributed by atoms with Gasteiger partial charge in [-0.25, -0.2) is 13.6 Å². The van der Waals surface area contributed by atoms with Crippen LogP contribution in [0.4, 0.5) is 13.6 Å². The summed E-state index contributed by atoms with van der Waals surface area (Å²) in [5.41, 5.74) is 1.57. The lowest BCUT2D eigenvalue weighted by Gasteiger charge is -2.56. The van der Waals surface area contributed by atoms with Gasteiger partial charge in [0.15, 0.2) is 11.6 Å². The summed E-state index contributed by atoms with van der Waals surface area (Å²) < 4.78 is 31.4. The van der Waals surface area contributed by atoms with Crippen LogP contribution in [-0.2, 0) is 4.74 Å². The highest BCUT2D eigenvalue weighted by Crippen LogP contribution is 2.52. The molecule has 1 aliphatic carbocycles. The lowest BCUT2D eigenvalue weighted by Crippen LogP contribution is -2.62. The van der Waals surface area contributed by atoms with Crippen molar-refractivity contribution >= 4 is 12.2 Å². The third-order valence-electron chi connectivity index (χ3n) is 4.22. The third-order valence-corrected chi connectivity index (χ3v) is 4.22. The molecule has 0 bridgehead atoms. The maximum absolute atomic E-state index is 13.2. The molecule has 0 aromatic heterocycles. The monoisotopic (exact) mass is 321 g/mol. The Kier molecular flexibility index (Phi) is 3.69. The first kappa shape index (κ1) is 16.0. The number of likely N-dealkylation sites (tertiary alicyclic amines) is 1. The quantitative estimate of drug-likeness (QED) is 0.768. The van der Waals surface area contributed by atoms with E-state index in [1.165, 1.54) is 11.6 Å². The number of carbonyl (C=O) groups excluding carboxylic acids is 1. The first-order valence-corrected chi connectivity index (χ1v) is 7.78. The molecule has 3 rings (SSSR count). The number of carbonyl (C=O) groups is 1. The SMILES string of the molecule is CC(C)(C)OC(=O)N1CC2(CC(=Cc3ccc(F)c(F)c3)C2)C1. The van der Waals surface area contributed by atoms with Crippen molar-refractivity contribution in [3.8, 4) is 0 Å². The molecule has 3 nitrogen and oxygen atoms in total. The maximum Gasteiger partial charge on any atom is 0.410 e. The molecule has 0 N–H and O–H groups in total. The summed E-state index contributed by atoms with van der Waals surface area (Å²) in [7, 11) is 0. The second-order valence-electron chi connectivity index (χ2n) is 7.67. The average Bonchev–Trinajstić information content (AvgIpc) is 2.32. The Hall–Kier alpha value is -1.91. The lowest BCUT2D eigenvalue weighted by molar-refractivity contribution is -0.0498. The number of nitrogens with zero attached hydrogens (tertiary/aromatic N) is 1. The zero-order valence-electron chi connectivity index (χ0n) is 13.7. The van der Waals surface area contributed by atoms with Gasteiger partial charge in [-0.2, -0.15) is 0 Å². The summed E-state index contributed by atoms with van der Waals surface area (Å²) in [6, 6.07) is 3.93.